The molecule has 0 saturated carbocycles. The lowest BCUT2D eigenvalue weighted by atomic mass is 10.1. The Morgan fingerprint density at radius 1 is 1.73 bits per heavy atom. The average molecular weight is 146 g/mol. The molecule has 0 amide bonds. The molecule has 1 aromatic heterocycles. The van der Waals surface area contributed by atoms with Crippen LogP contribution < -0.4 is 5.73 Å². The van der Waals surface area contributed by atoms with E-state index in [9.17, 15) is 0 Å². The lowest BCUT2D eigenvalue weighted by Crippen LogP contribution is -1.94. The fourth-order valence-electron chi connectivity index (χ4n) is 0.938. The topological polar surface area (TPSA) is 38.9 Å². The van der Waals surface area contributed by atoms with Gasteiger partial charge in [0, 0.05) is 11.8 Å². The Hall–Kier alpha value is -1.49. The van der Waals surface area contributed by atoms with Crippen molar-refractivity contribution in [2.75, 3.05) is 5.73 Å². The first-order chi connectivity index (χ1) is 5.27. The molecule has 56 valence electrons. The van der Waals surface area contributed by atoms with E-state index < -0.39 is 0 Å². The highest BCUT2D eigenvalue weighted by Crippen LogP contribution is 2.09. The van der Waals surface area contributed by atoms with Gasteiger partial charge in [-0.1, -0.05) is 12.8 Å². The van der Waals surface area contributed by atoms with E-state index in [1.54, 1.807) is 6.20 Å². The molecule has 2 nitrogen and oxygen atoms in total. The number of hydrogen-bond acceptors (Lipinski definition) is 2. The highest BCUT2D eigenvalue weighted by atomic mass is 14.8. The van der Waals surface area contributed by atoms with Gasteiger partial charge in [-0.05, 0) is 18.1 Å². The normalized spacial score (nSPS) is 9.09. The zero-order chi connectivity index (χ0) is 8.27. The van der Waals surface area contributed by atoms with Crippen LogP contribution in [0.4, 0.5) is 5.82 Å². The van der Waals surface area contributed by atoms with Crippen molar-refractivity contribution in [3.8, 4) is 12.3 Å². The lowest BCUT2D eigenvalue weighted by Gasteiger charge is -2.00. The minimum absolute atomic E-state index is 0.529. The predicted octanol–water partition coefficient (Wildman–Crippen LogP) is 1.21. The second-order valence-electron chi connectivity index (χ2n) is 2.26. The number of anilines is 1. The van der Waals surface area contributed by atoms with Crippen molar-refractivity contribution in [2.45, 2.75) is 13.3 Å². The number of hydrogen-bond donors (Lipinski definition) is 1. The summed E-state index contributed by atoms with van der Waals surface area (Å²) in [7, 11) is 0. The number of pyridine rings is 1. The Balaban J connectivity index is 3.19. The van der Waals surface area contributed by atoms with Crippen LogP contribution in [0, 0.1) is 12.3 Å². The van der Waals surface area contributed by atoms with Gasteiger partial charge in [-0.25, -0.2) is 4.98 Å². The van der Waals surface area contributed by atoms with Gasteiger partial charge in [-0.2, -0.15) is 0 Å². The summed E-state index contributed by atoms with van der Waals surface area (Å²) in [4.78, 5) is 3.89. The first-order valence-corrected chi connectivity index (χ1v) is 3.49. The number of aryl methyl sites for hydroxylation is 1. The SMILES string of the molecule is C#Cc1cnc(N)cc1CC. The molecule has 0 fully saturated rings. The summed E-state index contributed by atoms with van der Waals surface area (Å²) in [5.41, 5.74) is 7.40. The molecule has 2 N–H and O–H groups in total. The molecule has 0 unspecified atom stereocenters. The zero-order valence-corrected chi connectivity index (χ0v) is 6.46. The Labute approximate surface area is 66.4 Å². The highest BCUT2D eigenvalue weighted by Gasteiger charge is 1.97. The van der Waals surface area contributed by atoms with Gasteiger partial charge < -0.3 is 5.73 Å². The van der Waals surface area contributed by atoms with E-state index in [0.29, 0.717) is 5.82 Å². The lowest BCUT2D eigenvalue weighted by molar-refractivity contribution is 1.11. The first kappa shape index (κ1) is 7.62. The summed E-state index contributed by atoms with van der Waals surface area (Å²) >= 11 is 0. The smallest absolute Gasteiger partial charge is 0.123 e. The second kappa shape index (κ2) is 3.07. The zero-order valence-electron chi connectivity index (χ0n) is 6.46. The third-order valence-corrected chi connectivity index (χ3v) is 1.55. The second-order valence-corrected chi connectivity index (χ2v) is 2.26. The van der Waals surface area contributed by atoms with E-state index in [4.69, 9.17) is 12.2 Å². The van der Waals surface area contributed by atoms with Crippen molar-refractivity contribution >= 4 is 5.82 Å². The maximum Gasteiger partial charge on any atom is 0.123 e. The summed E-state index contributed by atoms with van der Waals surface area (Å²) in [5, 5.41) is 0. The van der Waals surface area contributed by atoms with Crippen molar-refractivity contribution in [3.63, 3.8) is 0 Å². The molecule has 2 heteroatoms. The molecule has 0 bridgehead atoms. The quantitative estimate of drug-likeness (QED) is 0.605. The highest BCUT2D eigenvalue weighted by molar-refractivity contribution is 5.44. The molecule has 1 rings (SSSR count). The third kappa shape index (κ3) is 1.50. The molecule has 1 heterocycles. The molecular weight excluding hydrogens is 136 g/mol. The molecule has 1 aromatic rings. The van der Waals surface area contributed by atoms with Crippen LogP contribution in [0.25, 0.3) is 0 Å². The van der Waals surface area contributed by atoms with Crippen LogP contribution in [-0.2, 0) is 6.42 Å². The van der Waals surface area contributed by atoms with Gasteiger partial charge in [0.25, 0.3) is 0 Å². The van der Waals surface area contributed by atoms with Gasteiger partial charge in [0.1, 0.15) is 5.82 Å². The van der Waals surface area contributed by atoms with E-state index in [0.717, 1.165) is 17.5 Å². The molecule has 0 spiro atoms. The molecule has 0 atom stereocenters. The fourth-order valence-corrected chi connectivity index (χ4v) is 0.938. The maximum absolute atomic E-state index is 5.48. The Morgan fingerprint density at radius 2 is 2.45 bits per heavy atom. The summed E-state index contributed by atoms with van der Waals surface area (Å²) in [6.45, 7) is 2.04. The van der Waals surface area contributed by atoms with Crippen LogP contribution in [-0.4, -0.2) is 4.98 Å². The van der Waals surface area contributed by atoms with E-state index in [1.165, 1.54) is 0 Å². The number of nitrogen functional groups attached to an aromatic ring is 1. The Morgan fingerprint density at radius 3 is 3.00 bits per heavy atom. The van der Waals surface area contributed by atoms with Crippen LogP contribution in [0.15, 0.2) is 12.3 Å². The number of terminal acetylenes is 1. The van der Waals surface area contributed by atoms with Crippen molar-refractivity contribution < 1.29 is 0 Å². The van der Waals surface area contributed by atoms with Crippen LogP contribution >= 0.6 is 0 Å². The molecule has 0 aliphatic heterocycles. The van der Waals surface area contributed by atoms with Gasteiger partial charge in [-0.15, -0.1) is 6.42 Å². The van der Waals surface area contributed by atoms with Gasteiger partial charge in [-0.3, -0.25) is 0 Å². The summed E-state index contributed by atoms with van der Waals surface area (Å²) in [6.07, 6.45) is 7.77. The third-order valence-electron chi connectivity index (χ3n) is 1.55. The van der Waals surface area contributed by atoms with E-state index in [-0.39, 0.29) is 0 Å². The summed E-state index contributed by atoms with van der Waals surface area (Å²) < 4.78 is 0. The van der Waals surface area contributed by atoms with Crippen molar-refractivity contribution in [3.05, 3.63) is 23.4 Å². The summed E-state index contributed by atoms with van der Waals surface area (Å²) in [5.74, 6) is 3.08. The minimum Gasteiger partial charge on any atom is -0.384 e. The monoisotopic (exact) mass is 146 g/mol. The van der Waals surface area contributed by atoms with Crippen LogP contribution in [0.1, 0.15) is 18.1 Å². The van der Waals surface area contributed by atoms with Gasteiger partial charge >= 0.3 is 0 Å². The Bertz CT molecular complexity index is 297. The van der Waals surface area contributed by atoms with Crippen molar-refractivity contribution in [2.24, 2.45) is 0 Å². The van der Waals surface area contributed by atoms with E-state index >= 15 is 0 Å². The maximum atomic E-state index is 5.48. The van der Waals surface area contributed by atoms with E-state index in [1.807, 2.05) is 13.0 Å². The molecule has 0 radical (unpaired) electrons. The molecule has 11 heavy (non-hydrogen) atoms. The number of rotatable bonds is 1. The van der Waals surface area contributed by atoms with Crippen LogP contribution in [0.2, 0.25) is 0 Å². The fraction of sp³-hybridized carbons (Fsp3) is 0.222. The van der Waals surface area contributed by atoms with E-state index in [2.05, 4.69) is 10.9 Å². The summed E-state index contributed by atoms with van der Waals surface area (Å²) in [6, 6.07) is 1.81. The van der Waals surface area contributed by atoms with Crippen LogP contribution in [0.5, 0.6) is 0 Å². The van der Waals surface area contributed by atoms with Gasteiger partial charge in [0.05, 0.1) is 0 Å². The van der Waals surface area contributed by atoms with Gasteiger partial charge in [0.2, 0.25) is 0 Å². The van der Waals surface area contributed by atoms with Crippen molar-refractivity contribution in [1.82, 2.24) is 4.98 Å². The Kier molecular flexibility index (Phi) is 2.12. The molecule has 0 aliphatic carbocycles. The largest absolute Gasteiger partial charge is 0.384 e. The average Bonchev–Trinajstić information content (AvgIpc) is 2.04. The predicted molar refractivity (Wildman–Crippen MR) is 46.0 cm³/mol. The van der Waals surface area contributed by atoms with Crippen LogP contribution in [0.3, 0.4) is 0 Å². The van der Waals surface area contributed by atoms with Crippen molar-refractivity contribution in [1.29, 1.82) is 0 Å². The standard InChI is InChI=1S/C9H10N2/c1-3-7-5-9(10)11-6-8(7)4-2/h2,5-6H,3H2,1H3,(H2,10,11). The van der Waals surface area contributed by atoms with Gasteiger partial charge in [0.15, 0.2) is 0 Å². The molecule has 0 aliphatic rings. The molecule has 0 saturated heterocycles. The molecular formula is C9H10N2. The number of nitrogens with zero attached hydrogens (tertiary/aromatic N) is 1. The molecule has 0 aromatic carbocycles. The minimum atomic E-state index is 0.529. The number of nitrogens with two attached hydrogens (primary N) is 1. The first-order valence-electron chi connectivity index (χ1n) is 3.49. The number of aromatic nitrogens is 1.